The average molecular weight is 522 g/mol. The first-order valence-corrected chi connectivity index (χ1v) is 11.8. The lowest BCUT2D eigenvalue weighted by atomic mass is 9.86. The summed E-state index contributed by atoms with van der Waals surface area (Å²) in [4.78, 5) is 16.3. The van der Waals surface area contributed by atoms with Crippen molar-refractivity contribution in [2.24, 2.45) is 5.92 Å². The van der Waals surface area contributed by atoms with E-state index in [1.807, 2.05) is 37.8 Å². The van der Waals surface area contributed by atoms with E-state index in [0.29, 0.717) is 6.61 Å². The van der Waals surface area contributed by atoms with Crippen LogP contribution in [0.5, 0.6) is 5.75 Å². The Morgan fingerprint density at radius 2 is 2.08 bits per heavy atom. The second kappa shape index (κ2) is 8.32. The summed E-state index contributed by atoms with van der Waals surface area (Å²) in [5, 5.41) is 0. The van der Waals surface area contributed by atoms with Gasteiger partial charge in [-0.2, -0.15) is 0 Å². The van der Waals surface area contributed by atoms with E-state index in [0.717, 1.165) is 17.0 Å². The average Bonchev–Trinajstić information content (AvgIpc) is 3.00. The summed E-state index contributed by atoms with van der Waals surface area (Å²) in [5.74, 6) is 0.959. The van der Waals surface area contributed by atoms with E-state index < -0.39 is 0 Å². The molecule has 1 aromatic carbocycles. The van der Waals surface area contributed by atoms with Gasteiger partial charge in [0, 0.05) is 11.5 Å². The molecule has 0 radical (unpaired) electrons. The molecule has 1 aliphatic heterocycles. The van der Waals surface area contributed by atoms with Gasteiger partial charge in [0.1, 0.15) is 10.6 Å². The third-order valence-corrected chi connectivity index (χ3v) is 8.64. The van der Waals surface area contributed by atoms with Crippen LogP contribution in [-0.4, -0.2) is 18.8 Å². The van der Waals surface area contributed by atoms with E-state index in [4.69, 9.17) is 4.74 Å². The molecule has 0 saturated carbocycles. The van der Waals surface area contributed by atoms with Crippen molar-refractivity contribution in [3.8, 4) is 16.9 Å². The van der Waals surface area contributed by atoms with Gasteiger partial charge in [0.05, 0.1) is 23.4 Å². The number of hydrogen-bond acceptors (Lipinski definition) is 4. The van der Waals surface area contributed by atoms with Crippen molar-refractivity contribution in [2.45, 2.75) is 44.4 Å². The summed E-state index contributed by atoms with van der Waals surface area (Å²) in [5.41, 5.74) is 3.01. The van der Waals surface area contributed by atoms with Gasteiger partial charge in [-0.3, -0.25) is 4.79 Å². The summed E-state index contributed by atoms with van der Waals surface area (Å²) < 4.78 is 7.03. The van der Waals surface area contributed by atoms with Gasteiger partial charge >= 0.3 is 10.3 Å². The second-order valence-corrected chi connectivity index (χ2v) is 10.1. The molecule has 0 fully saturated rings. The Morgan fingerprint density at radius 1 is 1.38 bits per heavy atom. The fourth-order valence-corrected chi connectivity index (χ4v) is 7.62. The van der Waals surface area contributed by atoms with Crippen molar-refractivity contribution in [3.63, 3.8) is 0 Å². The Hall–Kier alpha value is -0.380. The lowest BCUT2D eigenvalue weighted by Crippen LogP contribution is -3.00. The SMILES string of the molecule is CCOc1ccc2c(c1)-c1c(s[s+]c1SC)C(C)(C)N2C(=O)C(C)C.[I-]. The molecule has 142 valence electrons. The predicted octanol–water partition coefficient (Wildman–Crippen LogP) is 3.12. The van der Waals surface area contributed by atoms with Crippen molar-refractivity contribution in [2.75, 3.05) is 17.8 Å². The maximum absolute atomic E-state index is 13.1. The van der Waals surface area contributed by atoms with E-state index in [1.54, 1.807) is 32.4 Å². The maximum Gasteiger partial charge on any atom is 0.308 e. The van der Waals surface area contributed by atoms with Gasteiger partial charge in [0.15, 0.2) is 10.3 Å². The third-order valence-electron chi connectivity index (χ3n) is 4.44. The molecule has 3 nitrogen and oxygen atoms in total. The zero-order chi connectivity index (χ0) is 18.4. The van der Waals surface area contributed by atoms with Crippen molar-refractivity contribution < 1.29 is 33.5 Å². The van der Waals surface area contributed by atoms with Gasteiger partial charge in [0.25, 0.3) is 4.21 Å². The van der Waals surface area contributed by atoms with Crippen LogP contribution < -0.4 is 33.6 Å². The molecule has 0 spiro atoms. The summed E-state index contributed by atoms with van der Waals surface area (Å²) >= 11 is 1.77. The molecular weight excluding hydrogens is 497 g/mol. The molecule has 1 aliphatic rings. The minimum atomic E-state index is -0.355. The number of halogens is 1. The zero-order valence-electron chi connectivity index (χ0n) is 15.9. The van der Waals surface area contributed by atoms with E-state index >= 15 is 0 Å². The molecule has 26 heavy (non-hydrogen) atoms. The van der Waals surface area contributed by atoms with Crippen LogP contribution in [0.2, 0.25) is 0 Å². The first kappa shape index (κ1) is 21.9. The number of benzene rings is 1. The number of nitrogens with zero attached hydrogens (tertiary/aromatic N) is 1. The molecule has 0 saturated heterocycles. The predicted molar refractivity (Wildman–Crippen MR) is 110 cm³/mol. The summed E-state index contributed by atoms with van der Waals surface area (Å²) in [6.07, 6.45) is 2.11. The number of fused-ring (bicyclic) bond motifs is 3. The quantitative estimate of drug-likeness (QED) is 0.268. The highest BCUT2D eigenvalue weighted by molar-refractivity contribution is 8.02. The smallest absolute Gasteiger partial charge is 0.308 e. The number of carbonyl (C=O) groups is 1. The topological polar surface area (TPSA) is 29.5 Å². The number of carbonyl (C=O) groups excluding carboxylic acids is 1. The highest BCUT2D eigenvalue weighted by Gasteiger charge is 2.47. The molecule has 2 aromatic rings. The number of amides is 1. The highest BCUT2D eigenvalue weighted by atomic mass is 127. The molecule has 0 atom stereocenters. The lowest BCUT2D eigenvalue weighted by Gasteiger charge is -2.42. The first-order chi connectivity index (χ1) is 11.8. The number of rotatable bonds is 4. The minimum absolute atomic E-state index is 0. The maximum atomic E-state index is 13.1. The van der Waals surface area contributed by atoms with Crippen LogP contribution in [0.3, 0.4) is 0 Å². The molecule has 0 N–H and O–H groups in total. The van der Waals surface area contributed by atoms with Crippen LogP contribution in [0, 0.1) is 5.92 Å². The largest absolute Gasteiger partial charge is 1.00 e. The molecule has 7 heteroatoms. The van der Waals surface area contributed by atoms with Crippen molar-refractivity contribution >= 4 is 44.0 Å². The molecule has 1 amide bonds. The normalized spacial score (nSPS) is 14.5. The minimum Gasteiger partial charge on any atom is -1.00 e. The van der Waals surface area contributed by atoms with Gasteiger partial charge in [-0.1, -0.05) is 25.6 Å². The van der Waals surface area contributed by atoms with Crippen LogP contribution in [0.4, 0.5) is 5.69 Å². The van der Waals surface area contributed by atoms with Gasteiger partial charge in [-0.25, -0.2) is 0 Å². The molecule has 3 rings (SSSR count). The molecule has 2 heterocycles. The van der Waals surface area contributed by atoms with E-state index in [2.05, 4.69) is 26.2 Å². The van der Waals surface area contributed by atoms with Gasteiger partial charge in [-0.15, -0.1) is 0 Å². The van der Waals surface area contributed by atoms with Crippen molar-refractivity contribution in [1.82, 2.24) is 0 Å². The Bertz CT molecular complexity index is 817. The van der Waals surface area contributed by atoms with Crippen LogP contribution in [0.15, 0.2) is 22.4 Å². The number of thioether (sulfide) groups is 1. The second-order valence-electron chi connectivity index (χ2n) is 6.86. The Labute approximate surface area is 184 Å². The van der Waals surface area contributed by atoms with Gasteiger partial charge < -0.3 is 33.6 Å². The lowest BCUT2D eigenvalue weighted by molar-refractivity contribution is -0.122. The fraction of sp³-hybridized carbons (Fsp3) is 0.474. The van der Waals surface area contributed by atoms with Crippen molar-refractivity contribution in [3.05, 3.63) is 23.1 Å². The monoisotopic (exact) mass is 521 g/mol. The van der Waals surface area contributed by atoms with Crippen molar-refractivity contribution in [1.29, 1.82) is 0 Å². The van der Waals surface area contributed by atoms with Crippen LogP contribution in [0.25, 0.3) is 11.1 Å². The first-order valence-electron chi connectivity index (χ1n) is 8.44. The Balaban J connectivity index is 0.00000243. The van der Waals surface area contributed by atoms with Crippen LogP contribution in [-0.2, 0) is 10.3 Å². The Kier molecular flexibility index (Phi) is 7.02. The summed E-state index contributed by atoms with van der Waals surface area (Å²) in [6.45, 7) is 10.9. The van der Waals surface area contributed by atoms with Crippen LogP contribution >= 0.6 is 32.4 Å². The number of hydrogen-bond donors (Lipinski definition) is 0. The van der Waals surface area contributed by atoms with Crippen LogP contribution in [0.1, 0.15) is 39.5 Å². The van der Waals surface area contributed by atoms with Gasteiger partial charge in [0.2, 0.25) is 5.91 Å². The van der Waals surface area contributed by atoms with E-state index in [1.165, 1.54) is 14.6 Å². The number of anilines is 1. The fourth-order valence-electron chi connectivity index (χ4n) is 3.25. The highest BCUT2D eigenvalue weighted by Crippen LogP contribution is 2.56. The third kappa shape index (κ3) is 3.52. The van der Waals surface area contributed by atoms with E-state index in [-0.39, 0.29) is 41.3 Å². The Morgan fingerprint density at radius 3 is 2.65 bits per heavy atom. The molecule has 0 bridgehead atoms. The molecule has 0 unspecified atom stereocenters. The summed E-state index contributed by atoms with van der Waals surface area (Å²) in [6, 6.07) is 6.10. The molecular formula is C19H24INO2S3. The molecule has 0 aliphatic carbocycles. The number of ether oxygens (including phenoxy) is 1. The molecule has 1 aromatic heterocycles. The van der Waals surface area contributed by atoms with Gasteiger partial charge in [-0.05, 0) is 45.2 Å². The zero-order valence-corrected chi connectivity index (χ0v) is 20.5. The standard InChI is InChI=1S/C19H24NO2S3.HI/c1-7-22-12-8-9-14-13(10-12)15-16(24-25-18(15)23-6)19(4,5)20(14)17(21)11(2)3;/h8-11H,7H2,1-6H3;1H/q+1;/p-1. The van der Waals surface area contributed by atoms with E-state index in [9.17, 15) is 4.79 Å². The summed E-state index contributed by atoms with van der Waals surface area (Å²) in [7, 11) is 3.58.